The number of amides is 2. The molecule has 5 nitrogen and oxygen atoms in total. The second-order valence-electron chi connectivity index (χ2n) is 6.20. The van der Waals surface area contributed by atoms with Crippen molar-refractivity contribution in [3.8, 4) is 0 Å². The van der Waals surface area contributed by atoms with Crippen molar-refractivity contribution < 1.29 is 14.0 Å². The Morgan fingerprint density at radius 1 is 1.26 bits per heavy atom. The Morgan fingerprint density at radius 3 is 2.39 bits per heavy atom. The molecule has 2 atom stereocenters. The molecule has 0 aliphatic carbocycles. The zero-order chi connectivity index (χ0) is 17.6. The van der Waals surface area contributed by atoms with E-state index < -0.39 is 6.04 Å². The van der Waals surface area contributed by atoms with Crippen LogP contribution in [0.1, 0.15) is 32.4 Å². The van der Waals surface area contributed by atoms with Crippen LogP contribution in [0.5, 0.6) is 0 Å². The fourth-order valence-corrected chi connectivity index (χ4v) is 2.37. The summed E-state index contributed by atoms with van der Waals surface area (Å²) in [6.07, 6.45) is 0. The highest BCUT2D eigenvalue weighted by molar-refractivity contribution is 5.87. The summed E-state index contributed by atoms with van der Waals surface area (Å²) in [5.41, 5.74) is 0.788. The molecule has 128 valence electrons. The summed E-state index contributed by atoms with van der Waals surface area (Å²) in [6.45, 7) is 5.46. The van der Waals surface area contributed by atoms with Gasteiger partial charge in [-0.2, -0.15) is 0 Å². The number of rotatable bonds is 7. The van der Waals surface area contributed by atoms with Crippen LogP contribution in [-0.2, 0) is 9.59 Å². The molecule has 0 radical (unpaired) electrons. The first kappa shape index (κ1) is 19.1. The van der Waals surface area contributed by atoms with Crippen molar-refractivity contribution in [2.24, 2.45) is 5.92 Å². The predicted octanol–water partition coefficient (Wildman–Crippen LogP) is 1.71. The van der Waals surface area contributed by atoms with E-state index in [1.165, 1.54) is 19.1 Å². The molecule has 0 fully saturated rings. The molecule has 6 heteroatoms. The van der Waals surface area contributed by atoms with Crippen LogP contribution in [0.15, 0.2) is 24.3 Å². The molecule has 0 heterocycles. The zero-order valence-corrected chi connectivity index (χ0v) is 14.4. The third-order valence-corrected chi connectivity index (χ3v) is 3.63. The third kappa shape index (κ3) is 5.98. The van der Waals surface area contributed by atoms with E-state index in [0.717, 1.165) is 5.56 Å². The molecule has 23 heavy (non-hydrogen) atoms. The van der Waals surface area contributed by atoms with E-state index in [0.29, 0.717) is 6.54 Å². The molecule has 1 rings (SSSR count). The third-order valence-electron chi connectivity index (χ3n) is 3.63. The van der Waals surface area contributed by atoms with Crippen molar-refractivity contribution in [1.29, 1.82) is 0 Å². The maximum absolute atomic E-state index is 13.4. The van der Waals surface area contributed by atoms with E-state index in [2.05, 4.69) is 10.6 Å². The van der Waals surface area contributed by atoms with Gasteiger partial charge in [0.2, 0.25) is 11.8 Å². The van der Waals surface area contributed by atoms with Gasteiger partial charge in [0.05, 0.1) is 6.04 Å². The minimum absolute atomic E-state index is 0.0223. The van der Waals surface area contributed by atoms with E-state index in [1.807, 2.05) is 38.9 Å². The van der Waals surface area contributed by atoms with Crippen LogP contribution in [0.3, 0.4) is 0 Å². The van der Waals surface area contributed by atoms with Crippen LogP contribution < -0.4 is 10.6 Å². The number of benzene rings is 1. The van der Waals surface area contributed by atoms with Crippen molar-refractivity contribution in [3.05, 3.63) is 35.6 Å². The monoisotopic (exact) mass is 323 g/mol. The van der Waals surface area contributed by atoms with E-state index in [4.69, 9.17) is 0 Å². The number of hydrogen-bond acceptors (Lipinski definition) is 3. The van der Waals surface area contributed by atoms with Gasteiger partial charge in [0.15, 0.2) is 0 Å². The first-order chi connectivity index (χ1) is 10.7. The van der Waals surface area contributed by atoms with Crippen LogP contribution in [-0.4, -0.2) is 43.4 Å². The molecular weight excluding hydrogens is 297 g/mol. The van der Waals surface area contributed by atoms with E-state index in [1.54, 1.807) is 6.07 Å². The van der Waals surface area contributed by atoms with Crippen molar-refractivity contribution in [1.82, 2.24) is 15.5 Å². The summed E-state index contributed by atoms with van der Waals surface area (Å²) >= 11 is 0. The molecule has 0 aromatic heterocycles. The van der Waals surface area contributed by atoms with Crippen molar-refractivity contribution in [2.45, 2.75) is 32.9 Å². The number of halogens is 1. The van der Waals surface area contributed by atoms with Crippen LogP contribution >= 0.6 is 0 Å². The summed E-state index contributed by atoms with van der Waals surface area (Å²) < 4.78 is 13.4. The minimum Gasteiger partial charge on any atom is -0.352 e. The average Bonchev–Trinajstić information content (AvgIpc) is 2.44. The maximum Gasteiger partial charge on any atom is 0.242 e. The predicted molar refractivity (Wildman–Crippen MR) is 88.3 cm³/mol. The lowest BCUT2D eigenvalue weighted by molar-refractivity contribution is -0.129. The van der Waals surface area contributed by atoms with Gasteiger partial charge < -0.3 is 15.5 Å². The van der Waals surface area contributed by atoms with Crippen LogP contribution in [0.4, 0.5) is 4.39 Å². The highest BCUT2D eigenvalue weighted by Gasteiger charge is 2.24. The Balaban J connectivity index is 2.78. The fraction of sp³-hybridized carbons (Fsp3) is 0.529. The van der Waals surface area contributed by atoms with Crippen molar-refractivity contribution in [2.75, 3.05) is 20.6 Å². The second-order valence-corrected chi connectivity index (χ2v) is 6.20. The standard InChI is InChI=1S/C17H26FN3O2/c1-11(2)16(20-12(3)22)17(23)19-10-15(21(4)5)13-7-6-8-14(18)9-13/h6-9,11,15-16H,10H2,1-5H3,(H,19,23)(H,20,22). The molecule has 2 unspecified atom stereocenters. The second kappa shape index (κ2) is 8.62. The Labute approximate surface area is 137 Å². The maximum atomic E-state index is 13.4. The fourth-order valence-electron chi connectivity index (χ4n) is 2.37. The van der Waals surface area contributed by atoms with Gasteiger partial charge in [0.1, 0.15) is 11.9 Å². The van der Waals surface area contributed by atoms with E-state index in [9.17, 15) is 14.0 Å². The Kier molecular flexibility index (Phi) is 7.16. The molecule has 2 amide bonds. The van der Waals surface area contributed by atoms with E-state index in [-0.39, 0.29) is 29.6 Å². The number of nitrogens with zero attached hydrogens (tertiary/aromatic N) is 1. The van der Waals surface area contributed by atoms with Crippen LogP contribution in [0, 0.1) is 11.7 Å². The van der Waals surface area contributed by atoms with Crippen molar-refractivity contribution >= 4 is 11.8 Å². The Hall–Kier alpha value is -1.95. The average molecular weight is 323 g/mol. The summed E-state index contributed by atoms with van der Waals surface area (Å²) in [6, 6.07) is 5.60. The summed E-state index contributed by atoms with van der Waals surface area (Å²) in [5.74, 6) is -0.809. The molecule has 1 aromatic carbocycles. The van der Waals surface area contributed by atoms with Gasteiger partial charge in [-0.05, 0) is 37.7 Å². The molecule has 2 N–H and O–H groups in total. The lowest BCUT2D eigenvalue weighted by Gasteiger charge is -2.27. The van der Waals surface area contributed by atoms with Gasteiger partial charge in [-0.3, -0.25) is 9.59 Å². The number of nitrogens with one attached hydrogen (secondary N) is 2. The SMILES string of the molecule is CC(=O)NC(C(=O)NCC(c1cccc(F)c1)N(C)C)C(C)C. The van der Waals surface area contributed by atoms with Gasteiger partial charge in [-0.15, -0.1) is 0 Å². The summed E-state index contributed by atoms with van der Waals surface area (Å²) in [7, 11) is 3.74. The normalized spacial score (nSPS) is 13.7. The molecule has 0 aliphatic rings. The highest BCUT2D eigenvalue weighted by Crippen LogP contribution is 2.18. The molecule has 0 saturated heterocycles. The van der Waals surface area contributed by atoms with Gasteiger partial charge in [-0.1, -0.05) is 26.0 Å². The highest BCUT2D eigenvalue weighted by atomic mass is 19.1. The lowest BCUT2D eigenvalue weighted by atomic mass is 10.0. The molecule has 0 bridgehead atoms. The molecule has 1 aromatic rings. The van der Waals surface area contributed by atoms with Gasteiger partial charge in [-0.25, -0.2) is 4.39 Å². The van der Waals surface area contributed by atoms with Crippen LogP contribution in [0.25, 0.3) is 0 Å². The number of carbonyl (C=O) groups is 2. The lowest BCUT2D eigenvalue weighted by Crippen LogP contribution is -2.50. The zero-order valence-electron chi connectivity index (χ0n) is 14.4. The smallest absolute Gasteiger partial charge is 0.242 e. The summed E-state index contributed by atoms with van der Waals surface area (Å²) in [4.78, 5) is 25.5. The Morgan fingerprint density at radius 2 is 1.91 bits per heavy atom. The minimum atomic E-state index is -0.581. The van der Waals surface area contributed by atoms with Gasteiger partial charge >= 0.3 is 0 Å². The van der Waals surface area contributed by atoms with Crippen LogP contribution in [0.2, 0.25) is 0 Å². The largest absolute Gasteiger partial charge is 0.352 e. The molecule has 0 saturated carbocycles. The molecule has 0 spiro atoms. The van der Waals surface area contributed by atoms with Gasteiger partial charge in [0.25, 0.3) is 0 Å². The first-order valence-corrected chi connectivity index (χ1v) is 7.69. The first-order valence-electron chi connectivity index (χ1n) is 7.69. The number of likely N-dealkylation sites (N-methyl/N-ethyl adjacent to an activating group) is 1. The quantitative estimate of drug-likeness (QED) is 0.803. The molecule has 0 aliphatic heterocycles. The van der Waals surface area contributed by atoms with Crippen molar-refractivity contribution in [3.63, 3.8) is 0 Å². The topological polar surface area (TPSA) is 61.4 Å². The molecular formula is C17H26FN3O2. The number of hydrogen-bond donors (Lipinski definition) is 2. The van der Waals surface area contributed by atoms with Gasteiger partial charge in [0, 0.05) is 13.5 Å². The van der Waals surface area contributed by atoms with E-state index >= 15 is 0 Å². The summed E-state index contributed by atoms with van der Waals surface area (Å²) in [5, 5.41) is 5.51. The number of carbonyl (C=O) groups excluding carboxylic acids is 2. The Bertz CT molecular complexity index is 546.